The Bertz CT molecular complexity index is 333. The topological polar surface area (TPSA) is 18.5 Å². The minimum absolute atomic E-state index is 0.870. The summed E-state index contributed by atoms with van der Waals surface area (Å²) >= 11 is 0. The van der Waals surface area contributed by atoms with Crippen molar-refractivity contribution in [2.75, 3.05) is 13.2 Å². The Morgan fingerprint density at radius 1 is 0.355 bits per heavy atom. The van der Waals surface area contributed by atoms with Gasteiger partial charge in [0.05, 0.1) is 0 Å². The third-order valence-electron chi connectivity index (χ3n) is 6.40. The van der Waals surface area contributed by atoms with Gasteiger partial charge in [0.25, 0.3) is 0 Å². The molecule has 0 atom stereocenters. The molecule has 2 nitrogen and oxygen atoms in total. The lowest BCUT2D eigenvalue weighted by Crippen LogP contribution is -2.35. The summed E-state index contributed by atoms with van der Waals surface area (Å²) in [4.78, 5) is 0. The number of unbranched alkanes of at least 4 members (excludes halogenated alkanes) is 20. The first-order valence-electron chi connectivity index (χ1n) is 14.4. The van der Waals surface area contributed by atoms with Gasteiger partial charge >= 0.3 is 8.56 Å². The van der Waals surface area contributed by atoms with Crippen LogP contribution in [0.5, 0.6) is 0 Å². The summed E-state index contributed by atoms with van der Waals surface area (Å²) in [5, 5.41) is 0. The van der Waals surface area contributed by atoms with Crippen molar-refractivity contribution in [2.45, 2.75) is 168 Å². The minimum Gasteiger partial charge on any atom is -0.395 e. The van der Waals surface area contributed by atoms with E-state index in [4.69, 9.17) is 8.85 Å². The quantitative estimate of drug-likeness (QED) is 0.0951. The van der Waals surface area contributed by atoms with Crippen molar-refractivity contribution < 1.29 is 8.85 Å². The minimum atomic E-state index is -1.86. The maximum atomic E-state index is 6.03. The first kappa shape index (κ1) is 31.1. The van der Waals surface area contributed by atoms with Crippen LogP contribution in [-0.4, -0.2) is 21.8 Å². The molecule has 0 spiro atoms. The van der Waals surface area contributed by atoms with Gasteiger partial charge in [0.2, 0.25) is 0 Å². The van der Waals surface area contributed by atoms with Crippen molar-refractivity contribution in [1.29, 1.82) is 0 Å². The highest BCUT2D eigenvalue weighted by molar-refractivity contribution is 6.64. The third kappa shape index (κ3) is 26.3. The van der Waals surface area contributed by atoms with E-state index >= 15 is 0 Å². The van der Waals surface area contributed by atoms with Gasteiger partial charge in [0.1, 0.15) is 0 Å². The molecule has 0 radical (unpaired) electrons. The molecular formula is C28H60O2Si. The highest BCUT2D eigenvalue weighted by atomic mass is 28.4. The molecule has 31 heavy (non-hydrogen) atoms. The van der Waals surface area contributed by atoms with Crippen LogP contribution in [0.15, 0.2) is 0 Å². The Balaban J connectivity index is 3.14. The molecule has 0 bridgehead atoms. The molecule has 0 aliphatic carbocycles. The summed E-state index contributed by atoms with van der Waals surface area (Å²) in [6.45, 7) is 10.6. The van der Waals surface area contributed by atoms with Crippen LogP contribution in [0.3, 0.4) is 0 Å². The lowest BCUT2D eigenvalue weighted by molar-refractivity contribution is 0.173. The Kier molecular flexibility index (Phi) is 24.9. The molecule has 0 rings (SSSR count). The highest BCUT2D eigenvalue weighted by Crippen LogP contribution is 2.15. The van der Waals surface area contributed by atoms with Crippen molar-refractivity contribution in [3.05, 3.63) is 0 Å². The summed E-state index contributed by atoms with van der Waals surface area (Å²) in [6, 6.07) is 0. The molecule has 0 amide bonds. The van der Waals surface area contributed by atoms with Crippen LogP contribution < -0.4 is 0 Å². The predicted molar refractivity (Wildman–Crippen MR) is 142 cm³/mol. The number of hydrogen-bond acceptors (Lipinski definition) is 2. The van der Waals surface area contributed by atoms with E-state index in [1.165, 1.54) is 135 Å². The van der Waals surface area contributed by atoms with E-state index in [0.29, 0.717) is 0 Å². The van der Waals surface area contributed by atoms with Crippen molar-refractivity contribution in [3.63, 3.8) is 0 Å². The van der Waals surface area contributed by atoms with Crippen LogP contribution in [0.4, 0.5) is 0 Å². The second-order valence-corrected chi connectivity index (χ2v) is 13.5. The molecule has 0 N–H and O–H groups in total. The van der Waals surface area contributed by atoms with E-state index in [2.05, 4.69) is 26.9 Å². The molecule has 0 unspecified atom stereocenters. The van der Waals surface area contributed by atoms with Crippen LogP contribution >= 0.6 is 0 Å². The monoisotopic (exact) mass is 456 g/mol. The summed E-state index contributed by atoms with van der Waals surface area (Å²) in [7, 11) is -1.86. The molecule has 188 valence electrons. The second kappa shape index (κ2) is 24.8. The van der Waals surface area contributed by atoms with Gasteiger partial charge in [-0.3, -0.25) is 0 Å². The van der Waals surface area contributed by atoms with E-state index in [1.807, 2.05) is 0 Å². The average molecular weight is 457 g/mol. The van der Waals surface area contributed by atoms with Crippen molar-refractivity contribution >= 4 is 8.56 Å². The molecule has 0 saturated carbocycles. The fourth-order valence-corrected chi connectivity index (χ4v) is 5.53. The maximum Gasteiger partial charge on any atom is 0.331 e. The van der Waals surface area contributed by atoms with Gasteiger partial charge < -0.3 is 8.85 Å². The van der Waals surface area contributed by atoms with E-state index in [1.54, 1.807) is 0 Å². The lowest BCUT2D eigenvalue weighted by Gasteiger charge is -2.22. The zero-order chi connectivity index (χ0) is 22.9. The van der Waals surface area contributed by atoms with Gasteiger partial charge in [-0.1, -0.05) is 142 Å². The number of rotatable bonds is 26. The fraction of sp³-hybridized carbons (Fsp3) is 1.00. The van der Waals surface area contributed by atoms with Crippen molar-refractivity contribution in [3.8, 4) is 0 Å². The van der Waals surface area contributed by atoms with Gasteiger partial charge in [0, 0.05) is 13.2 Å². The van der Waals surface area contributed by atoms with Gasteiger partial charge in [-0.05, 0) is 25.9 Å². The smallest absolute Gasteiger partial charge is 0.331 e. The SMILES string of the molecule is CCCCCCCCCCCCCCCCCCCCCCO[Si](C)(C)OCCCC. The lowest BCUT2D eigenvalue weighted by atomic mass is 10.0. The Morgan fingerprint density at radius 2 is 0.613 bits per heavy atom. The van der Waals surface area contributed by atoms with E-state index in [-0.39, 0.29) is 0 Å². The maximum absolute atomic E-state index is 6.03. The number of hydrogen-bond donors (Lipinski definition) is 0. The first-order valence-corrected chi connectivity index (χ1v) is 17.2. The van der Waals surface area contributed by atoms with Crippen LogP contribution in [0.1, 0.15) is 155 Å². The molecular weight excluding hydrogens is 396 g/mol. The fourth-order valence-electron chi connectivity index (χ4n) is 4.18. The largest absolute Gasteiger partial charge is 0.395 e. The van der Waals surface area contributed by atoms with Gasteiger partial charge in [-0.25, -0.2) is 0 Å². The van der Waals surface area contributed by atoms with E-state index < -0.39 is 8.56 Å². The Labute approximate surface area is 198 Å². The summed E-state index contributed by atoms with van der Waals surface area (Å²) in [6.07, 6.45) is 31.0. The molecule has 0 aliphatic rings. The summed E-state index contributed by atoms with van der Waals surface area (Å²) in [5.74, 6) is 0. The van der Waals surface area contributed by atoms with Crippen molar-refractivity contribution in [1.82, 2.24) is 0 Å². The van der Waals surface area contributed by atoms with Crippen LogP contribution in [0, 0.1) is 0 Å². The Morgan fingerprint density at radius 3 is 0.935 bits per heavy atom. The third-order valence-corrected chi connectivity index (χ3v) is 8.19. The molecule has 0 heterocycles. The van der Waals surface area contributed by atoms with Gasteiger partial charge in [0.15, 0.2) is 0 Å². The molecule has 3 heteroatoms. The second-order valence-electron chi connectivity index (χ2n) is 10.2. The highest BCUT2D eigenvalue weighted by Gasteiger charge is 2.23. The van der Waals surface area contributed by atoms with Crippen molar-refractivity contribution in [2.24, 2.45) is 0 Å². The molecule has 0 aromatic carbocycles. The molecule has 0 aromatic rings. The zero-order valence-corrected chi connectivity index (χ0v) is 23.3. The van der Waals surface area contributed by atoms with E-state index in [0.717, 1.165) is 19.6 Å². The zero-order valence-electron chi connectivity index (χ0n) is 22.3. The normalized spacial score (nSPS) is 12.0. The van der Waals surface area contributed by atoms with Gasteiger partial charge in [-0.2, -0.15) is 0 Å². The summed E-state index contributed by atoms with van der Waals surface area (Å²) in [5.41, 5.74) is 0. The molecule has 0 saturated heterocycles. The standard InChI is InChI=1S/C28H60O2Si/c1-5-7-9-10-11-12-13-14-15-16-17-18-19-20-21-22-23-24-25-26-28-30-31(3,4)29-27-8-6-2/h5-28H2,1-4H3. The van der Waals surface area contributed by atoms with E-state index in [9.17, 15) is 0 Å². The predicted octanol–water partition coefficient (Wildman–Crippen LogP) is 10.3. The summed E-state index contributed by atoms with van der Waals surface area (Å²) < 4.78 is 12.0. The van der Waals surface area contributed by atoms with Crippen LogP contribution in [0.2, 0.25) is 13.1 Å². The van der Waals surface area contributed by atoms with Crippen LogP contribution in [-0.2, 0) is 8.85 Å². The average Bonchev–Trinajstić information content (AvgIpc) is 2.75. The molecule has 0 fully saturated rings. The first-order chi connectivity index (χ1) is 15.1. The Hall–Kier alpha value is 0.137. The molecule has 0 aromatic heterocycles. The van der Waals surface area contributed by atoms with Crippen LogP contribution in [0.25, 0.3) is 0 Å². The van der Waals surface area contributed by atoms with Gasteiger partial charge in [-0.15, -0.1) is 0 Å². The molecule has 0 aliphatic heterocycles.